The number of anilines is 1. The van der Waals surface area contributed by atoms with Crippen molar-refractivity contribution in [1.82, 2.24) is 10.2 Å². The van der Waals surface area contributed by atoms with Gasteiger partial charge in [0.1, 0.15) is 5.58 Å². The van der Waals surface area contributed by atoms with E-state index in [4.69, 9.17) is 4.42 Å². The molecule has 1 aliphatic rings. The zero-order valence-electron chi connectivity index (χ0n) is 11.8. The van der Waals surface area contributed by atoms with Gasteiger partial charge in [-0.25, -0.2) is 0 Å². The highest BCUT2D eigenvalue weighted by molar-refractivity contribution is 6.07. The molecule has 1 aromatic carbocycles. The van der Waals surface area contributed by atoms with E-state index in [0.29, 0.717) is 11.4 Å². The highest BCUT2D eigenvalue weighted by Gasteiger charge is 2.35. The number of hydrogen-bond donors (Lipinski definition) is 2. The summed E-state index contributed by atoms with van der Waals surface area (Å²) in [6.45, 7) is 1.84. The molecule has 22 heavy (non-hydrogen) atoms. The number of furan rings is 1. The van der Waals surface area contributed by atoms with Crippen LogP contribution in [0.3, 0.4) is 0 Å². The number of rotatable bonds is 2. The predicted molar refractivity (Wildman–Crippen MR) is 79.9 cm³/mol. The first-order valence-corrected chi connectivity index (χ1v) is 7.01. The number of ketones is 1. The van der Waals surface area contributed by atoms with Crippen molar-refractivity contribution in [2.45, 2.75) is 19.3 Å². The number of nitrogens with one attached hydrogen (secondary N) is 2. The molecule has 6 nitrogen and oxygen atoms in total. The van der Waals surface area contributed by atoms with Crippen LogP contribution in [-0.4, -0.2) is 21.9 Å². The van der Waals surface area contributed by atoms with Gasteiger partial charge < -0.3 is 9.73 Å². The molecule has 4 rings (SSSR count). The SMILES string of the molecule is Cc1[nH]nc2c1C(C(=O)c1cc3ccccc3o1)CC(=O)N2. The molecule has 2 aromatic heterocycles. The number of carbonyl (C=O) groups excluding carboxylic acids is 2. The molecule has 110 valence electrons. The summed E-state index contributed by atoms with van der Waals surface area (Å²) in [6.07, 6.45) is 0.100. The van der Waals surface area contributed by atoms with E-state index in [1.54, 1.807) is 6.07 Å². The molecule has 1 unspecified atom stereocenters. The molecule has 1 amide bonds. The van der Waals surface area contributed by atoms with E-state index in [9.17, 15) is 9.59 Å². The van der Waals surface area contributed by atoms with Crippen LogP contribution in [0.15, 0.2) is 34.7 Å². The fourth-order valence-corrected chi connectivity index (χ4v) is 2.93. The Morgan fingerprint density at radius 1 is 1.36 bits per heavy atom. The minimum absolute atomic E-state index is 0.100. The molecule has 0 bridgehead atoms. The van der Waals surface area contributed by atoms with Gasteiger partial charge in [0, 0.05) is 23.1 Å². The Morgan fingerprint density at radius 3 is 3.00 bits per heavy atom. The van der Waals surface area contributed by atoms with Crippen molar-refractivity contribution in [2.75, 3.05) is 5.32 Å². The fourth-order valence-electron chi connectivity index (χ4n) is 2.93. The lowest BCUT2D eigenvalue weighted by atomic mass is 9.87. The van der Waals surface area contributed by atoms with Crippen molar-refractivity contribution in [3.05, 3.63) is 47.3 Å². The number of fused-ring (bicyclic) bond motifs is 2. The lowest BCUT2D eigenvalue weighted by Crippen LogP contribution is -2.27. The van der Waals surface area contributed by atoms with Gasteiger partial charge in [0.15, 0.2) is 11.6 Å². The van der Waals surface area contributed by atoms with Gasteiger partial charge in [-0.2, -0.15) is 5.10 Å². The van der Waals surface area contributed by atoms with Crippen LogP contribution in [0.5, 0.6) is 0 Å². The fraction of sp³-hybridized carbons (Fsp3) is 0.188. The van der Waals surface area contributed by atoms with Crippen molar-refractivity contribution in [1.29, 1.82) is 0 Å². The molecule has 1 atom stereocenters. The summed E-state index contributed by atoms with van der Waals surface area (Å²) in [5, 5.41) is 10.4. The van der Waals surface area contributed by atoms with Crippen molar-refractivity contribution < 1.29 is 14.0 Å². The lowest BCUT2D eigenvalue weighted by Gasteiger charge is -2.20. The van der Waals surface area contributed by atoms with Crippen LogP contribution in [0.1, 0.15) is 34.2 Å². The van der Waals surface area contributed by atoms with Gasteiger partial charge in [-0.05, 0) is 19.1 Å². The summed E-state index contributed by atoms with van der Waals surface area (Å²) in [6, 6.07) is 9.16. The molecule has 0 saturated heterocycles. The number of aryl methyl sites for hydroxylation is 1. The summed E-state index contributed by atoms with van der Waals surface area (Å²) in [4.78, 5) is 24.6. The topological polar surface area (TPSA) is 88.0 Å². The second-order valence-corrected chi connectivity index (χ2v) is 5.43. The van der Waals surface area contributed by atoms with Crippen molar-refractivity contribution in [3.63, 3.8) is 0 Å². The standard InChI is InChI=1S/C16H13N3O3/c1-8-14-10(7-13(20)17-16(14)19-18-8)15(21)12-6-9-4-2-3-5-11(9)22-12/h2-6,10H,7H2,1H3,(H2,17,18,19,20). The van der Waals surface area contributed by atoms with Gasteiger partial charge >= 0.3 is 0 Å². The third-order valence-electron chi connectivity index (χ3n) is 3.98. The predicted octanol–water partition coefficient (Wildman–Crippen LogP) is 2.77. The molecule has 1 aliphatic heterocycles. The molecular weight excluding hydrogens is 282 g/mol. The Labute approximate surface area is 125 Å². The Balaban J connectivity index is 1.79. The van der Waals surface area contributed by atoms with Crippen LogP contribution in [0.4, 0.5) is 5.82 Å². The lowest BCUT2D eigenvalue weighted by molar-refractivity contribution is -0.116. The van der Waals surface area contributed by atoms with Crippen molar-refractivity contribution >= 4 is 28.5 Å². The molecule has 0 radical (unpaired) electrons. The summed E-state index contributed by atoms with van der Waals surface area (Å²) < 4.78 is 5.64. The van der Waals surface area contributed by atoms with Gasteiger partial charge in [0.2, 0.25) is 11.7 Å². The number of aromatic nitrogens is 2. The Morgan fingerprint density at radius 2 is 2.18 bits per heavy atom. The van der Waals surface area contributed by atoms with Crippen LogP contribution in [0.25, 0.3) is 11.0 Å². The average Bonchev–Trinajstić information content (AvgIpc) is 3.09. The normalized spacial score (nSPS) is 17.3. The third kappa shape index (κ3) is 1.84. The third-order valence-corrected chi connectivity index (χ3v) is 3.98. The number of hydrogen-bond acceptors (Lipinski definition) is 4. The number of carbonyl (C=O) groups is 2. The number of amides is 1. The minimum atomic E-state index is -0.567. The maximum atomic E-state index is 12.8. The first kappa shape index (κ1) is 12.8. The quantitative estimate of drug-likeness (QED) is 0.711. The maximum Gasteiger partial charge on any atom is 0.226 e. The summed E-state index contributed by atoms with van der Waals surface area (Å²) >= 11 is 0. The number of para-hydroxylation sites is 1. The number of aromatic amines is 1. The Hall–Kier alpha value is -2.89. The number of nitrogens with zero attached hydrogens (tertiary/aromatic N) is 1. The molecule has 0 saturated carbocycles. The molecule has 0 spiro atoms. The van der Waals surface area contributed by atoms with Gasteiger partial charge in [-0.3, -0.25) is 14.7 Å². The molecule has 6 heteroatoms. The molecule has 0 aliphatic carbocycles. The van der Waals surface area contributed by atoms with Gasteiger partial charge in [-0.1, -0.05) is 18.2 Å². The molecule has 3 heterocycles. The van der Waals surface area contributed by atoms with E-state index in [-0.39, 0.29) is 23.9 Å². The first-order valence-electron chi connectivity index (χ1n) is 7.01. The first-order chi connectivity index (χ1) is 10.6. The number of H-pyrrole nitrogens is 1. The Bertz CT molecular complexity index is 873. The van der Waals surface area contributed by atoms with Crippen LogP contribution in [0.2, 0.25) is 0 Å². The highest BCUT2D eigenvalue weighted by Crippen LogP contribution is 2.36. The van der Waals surface area contributed by atoms with E-state index in [0.717, 1.165) is 16.6 Å². The van der Waals surface area contributed by atoms with Gasteiger partial charge in [-0.15, -0.1) is 0 Å². The zero-order valence-corrected chi connectivity index (χ0v) is 11.8. The second-order valence-electron chi connectivity index (χ2n) is 5.43. The maximum absolute atomic E-state index is 12.8. The van der Waals surface area contributed by atoms with Crippen LogP contribution < -0.4 is 5.32 Å². The van der Waals surface area contributed by atoms with Crippen molar-refractivity contribution in [2.24, 2.45) is 0 Å². The molecule has 2 N–H and O–H groups in total. The number of benzene rings is 1. The average molecular weight is 295 g/mol. The monoisotopic (exact) mass is 295 g/mol. The van der Waals surface area contributed by atoms with E-state index in [2.05, 4.69) is 15.5 Å². The summed E-state index contributed by atoms with van der Waals surface area (Å²) in [5.74, 6) is -0.274. The molecular formula is C16H13N3O3. The summed E-state index contributed by atoms with van der Waals surface area (Å²) in [7, 11) is 0. The molecule has 3 aromatic rings. The zero-order chi connectivity index (χ0) is 15.3. The van der Waals surface area contributed by atoms with E-state index in [1.807, 2.05) is 31.2 Å². The Kier molecular flexibility index (Phi) is 2.66. The van der Waals surface area contributed by atoms with Crippen LogP contribution >= 0.6 is 0 Å². The van der Waals surface area contributed by atoms with Gasteiger partial charge in [0.05, 0.1) is 5.92 Å². The van der Waals surface area contributed by atoms with E-state index < -0.39 is 5.92 Å². The highest BCUT2D eigenvalue weighted by atomic mass is 16.3. The second kappa shape index (κ2) is 4.56. The van der Waals surface area contributed by atoms with Crippen LogP contribution in [-0.2, 0) is 4.79 Å². The van der Waals surface area contributed by atoms with E-state index in [1.165, 1.54) is 0 Å². The largest absolute Gasteiger partial charge is 0.453 e. The summed E-state index contributed by atoms with van der Waals surface area (Å²) in [5.41, 5.74) is 2.18. The van der Waals surface area contributed by atoms with Gasteiger partial charge in [0.25, 0.3) is 0 Å². The molecule has 0 fully saturated rings. The minimum Gasteiger partial charge on any atom is -0.453 e. The smallest absolute Gasteiger partial charge is 0.226 e. The van der Waals surface area contributed by atoms with Crippen LogP contribution in [0, 0.1) is 6.92 Å². The van der Waals surface area contributed by atoms with E-state index >= 15 is 0 Å². The van der Waals surface area contributed by atoms with Crippen molar-refractivity contribution in [3.8, 4) is 0 Å². The number of Topliss-reactive ketones (excluding diaryl/α,β-unsaturated/α-hetero) is 1.